The van der Waals surface area contributed by atoms with E-state index in [1.54, 1.807) is 4.68 Å². The van der Waals surface area contributed by atoms with Crippen LogP contribution in [0.4, 0.5) is 0 Å². The van der Waals surface area contributed by atoms with Gasteiger partial charge < -0.3 is 4.90 Å². The molecule has 1 atom stereocenters. The van der Waals surface area contributed by atoms with Crippen LogP contribution < -0.4 is 0 Å². The number of hydrogen-bond donors (Lipinski definition) is 0. The first-order valence-electron chi connectivity index (χ1n) is 8.13. The molecular formula is C16H26N4O. The lowest BCUT2D eigenvalue weighted by atomic mass is 9.59. The summed E-state index contributed by atoms with van der Waals surface area (Å²) in [5, 5.41) is 8.04. The van der Waals surface area contributed by atoms with E-state index < -0.39 is 0 Å². The lowest BCUT2D eigenvalue weighted by Gasteiger charge is -2.61. The van der Waals surface area contributed by atoms with E-state index in [9.17, 15) is 4.79 Å². The van der Waals surface area contributed by atoms with E-state index in [1.807, 2.05) is 18.9 Å². The van der Waals surface area contributed by atoms with E-state index in [2.05, 4.69) is 24.2 Å². The first kappa shape index (κ1) is 14.5. The number of carbonyl (C=O) groups is 1. The Labute approximate surface area is 126 Å². The molecule has 1 aliphatic heterocycles. The van der Waals surface area contributed by atoms with Crippen molar-refractivity contribution in [2.45, 2.75) is 58.9 Å². The molecule has 1 unspecified atom stereocenters. The molecule has 0 bridgehead atoms. The van der Waals surface area contributed by atoms with Crippen LogP contribution in [0, 0.1) is 18.3 Å². The van der Waals surface area contributed by atoms with Crippen LogP contribution in [0.3, 0.4) is 0 Å². The average Bonchev–Trinajstić information content (AvgIpc) is 2.76. The van der Waals surface area contributed by atoms with Gasteiger partial charge in [-0.15, -0.1) is 5.10 Å². The van der Waals surface area contributed by atoms with Crippen molar-refractivity contribution in [2.24, 2.45) is 18.4 Å². The molecule has 1 amide bonds. The van der Waals surface area contributed by atoms with E-state index in [-0.39, 0.29) is 5.91 Å². The summed E-state index contributed by atoms with van der Waals surface area (Å²) in [5.74, 6) is 0.563. The van der Waals surface area contributed by atoms with Crippen LogP contribution in [0.25, 0.3) is 0 Å². The maximum Gasteiger partial charge on any atom is 0.276 e. The summed E-state index contributed by atoms with van der Waals surface area (Å²) in [6.45, 7) is 7.30. The van der Waals surface area contributed by atoms with Crippen molar-refractivity contribution in [3.8, 4) is 0 Å². The van der Waals surface area contributed by atoms with Gasteiger partial charge in [-0.1, -0.05) is 38.3 Å². The van der Waals surface area contributed by atoms with E-state index in [1.165, 1.54) is 32.1 Å². The maximum atomic E-state index is 12.8. The normalized spacial score (nSPS) is 24.4. The molecule has 2 fully saturated rings. The van der Waals surface area contributed by atoms with Gasteiger partial charge in [0.1, 0.15) is 0 Å². The first-order chi connectivity index (χ1) is 9.96. The van der Waals surface area contributed by atoms with Gasteiger partial charge in [-0.2, -0.15) is 0 Å². The molecule has 2 heterocycles. The Morgan fingerprint density at radius 2 is 1.95 bits per heavy atom. The summed E-state index contributed by atoms with van der Waals surface area (Å²) in [6, 6.07) is 0.367. The number of hydrogen-bond acceptors (Lipinski definition) is 3. The molecule has 0 radical (unpaired) electrons. The number of aryl methyl sites for hydroxylation is 1. The fraction of sp³-hybridized carbons (Fsp3) is 0.812. The lowest BCUT2D eigenvalue weighted by Crippen LogP contribution is -2.68. The van der Waals surface area contributed by atoms with Gasteiger partial charge in [-0.3, -0.25) is 9.48 Å². The van der Waals surface area contributed by atoms with Gasteiger partial charge in [0.05, 0.1) is 5.69 Å². The Morgan fingerprint density at radius 1 is 1.29 bits per heavy atom. The molecule has 5 heteroatoms. The monoisotopic (exact) mass is 290 g/mol. The van der Waals surface area contributed by atoms with Crippen molar-refractivity contribution in [3.05, 3.63) is 11.4 Å². The molecule has 3 rings (SSSR count). The van der Waals surface area contributed by atoms with Gasteiger partial charge in [0.15, 0.2) is 5.69 Å². The molecule has 116 valence electrons. The molecule has 1 aromatic rings. The van der Waals surface area contributed by atoms with Gasteiger partial charge >= 0.3 is 0 Å². The SMILES string of the molecule is Cc1c(C(=O)N2CC3(CCCCC3)C2C(C)C)nnn1C. The minimum atomic E-state index is 0.0653. The van der Waals surface area contributed by atoms with Crippen LogP contribution in [0.1, 0.15) is 62.1 Å². The third-order valence-corrected chi connectivity index (χ3v) is 5.50. The Bertz CT molecular complexity index is 542. The van der Waals surface area contributed by atoms with Crippen molar-refractivity contribution in [3.63, 3.8) is 0 Å². The minimum absolute atomic E-state index is 0.0653. The first-order valence-corrected chi connectivity index (χ1v) is 8.13. The summed E-state index contributed by atoms with van der Waals surface area (Å²) >= 11 is 0. The molecule has 1 aromatic heterocycles. The van der Waals surface area contributed by atoms with Gasteiger partial charge in [0.25, 0.3) is 5.91 Å². The predicted molar refractivity (Wildman–Crippen MR) is 80.9 cm³/mol. The van der Waals surface area contributed by atoms with Crippen LogP contribution in [0.5, 0.6) is 0 Å². The average molecular weight is 290 g/mol. The van der Waals surface area contributed by atoms with Crippen LogP contribution in [-0.4, -0.2) is 38.4 Å². The molecule has 21 heavy (non-hydrogen) atoms. The molecule has 1 spiro atoms. The number of aromatic nitrogens is 3. The fourth-order valence-corrected chi connectivity index (χ4v) is 4.46. The molecule has 2 aliphatic rings. The van der Waals surface area contributed by atoms with Crippen molar-refractivity contribution in [1.82, 2.24) is 19.9 Å². The number of nitrogens with zero attached hydrogens (tertiary/aromatic N) is 4. The highest BCUT2D eigenvalue weighted by Crippen LogP contribution is 2.51. The number of amides is 1. The second-order valence-electron chi connectivity index (χ2n) is 7.19. The summed E-state index contributed by atoms with van der Waals surface area (Å²) in [4.78, 5) is 14.9. The third-order valence-electron chi connectivity index (χ3n) is 5.50. The molecule has 1 saturated heterocycles. The van der Waals surface area contributed by atoms with E-state index >= 15 is 0 Å². The second-order valence-corrected chi connectivity index (χ2v) is 7.19. The summed E-state index contributed by atoms with van der Waals surface area (Å²) in [7, 11) is 1.83. The Morgan fingerprint density at radius 3 is 2.48 bits per heavy atom. The molecule has 1 aliphatic carbocycles. The topological polar surface area (TPSA) is 51.0 Å². The lowest BCUT2D eigenvalue weighted by molar-refractivity contribution is -0.0945. The number of rotatable bonds is 2. The largest absolute Gasteiger partial charge is 0.333 e. The van der Waals surface area contributed by atoms with Gasteiger partial charge in [0.2, 0.25) is 0 Å². The summed E-state index contributed by atoms with van der Waals surface area (Å²) < 4.78 is 1.67. The zero-order chi connectivity index (χ0) is 15.2. The van der Waals surface area contributed by atoms with Crippen molar-refractivity contribution in [1.29, 1.82) is 0 Å². The summed E-state index contributed by atoms with van der Waals surface area (Å²) in [6.07, 6.45) is 6.53. The van der Waals surface area contributed by atoms with Crippen LogP contribution in [-0.2, 0) is 7.05 Å². The van der Waals surface area contributed by atoms with Crippen LogP contribution in [0.15, 0.2) is 0 Å². The summed E-state index contributed by atoms with van der Waals surface area (Å²) in [5.41, 5.74) is 1.75. The van der Waals surface area contributed by atoms with E-state index in [4.69, 9.17) is 0 Å². The molecule has 5 nitrogen and oxygen atoms in total. The highest BCUT2D eigenvalue weighted by molar-refractivity contribution is 5.94. The van der Waals surface area contributed by atoms with Crippen molar-refractivity contribution in [2.75, 3.05) is 6.54 Å². The Hall–Kier alpha value is -1.39. The minimum Gasteiger partial charge on any atom is -0.333 e. The van der Waals surface area contributed by atoms with Crippen molar-refractivity contribution < 1.29 is 4.79 Å². The van der Waals surface area contributed by atoms with Crippen LogP contribution >= 0.6 is 0 Å². The third kappa shape index (κ3) is 2.17. The smallest absolute Gasteiger partial charge is 0.276 e. The molecule has 0 aromatic carbocycles. The Kier molecular flexibility index (Phi) is 3.54. The zero-order valence-electron chi connectivity index (χ0n) is 13.6. The zero-order valence-corrected chi connectivity index (χ0v) is 13.6. The highest BCUT2D eigenvalue weighted by Gasteiger charge is 2.55. The predicted octanol–water partition coefficient (Wildman–Crippen LogP) is 2.55. The number of likely N-dealkylation sites (tertiary alicyclic amines) is 1. The Balaban J connectivity index is 1.83. The van der Waals surface area contributed by atoms with E-state index in [0.717, 1.165) is 12.2 Å². The second kappa shape index (κ2) is 5.11. The van der Waals surface area contributed by atoms with Gasteiger partial charge in [-0.05, 0) is 25.7 Å². The van der Waals surface area contributed by atoms with Crippen LogP contribution in [0.2, 0.25) is 0 Å². The van der Waals surface area contributed by atoms with Crippen molar-refractivity contribution >= 4 is 5.91 Å². The molecule has 0 N–H and O–H groups in total. The standard InChI is InChI=1S/C16H26N4O/c1-11(2)14-16(8-6-5-7-9-16)10-20(14)15(21)13-12(3)19(4)18-17-13/h11,14H,5-10H2,1-4H3. The number of carbonyl (C=O) groups excluding carboxylic acids is 1. The van der Waals surface area contributed by atoms with Gasteiger partial charge in [-0.25, -0.2) is 0 Å². The maximum absolute atomic E-state index is 12.8. The van der Waals surface area contributed by atoms with E-state index in [0.29, 0.717) is 23.1 Å². The fourth-order valence-electron chi connectivity index (χ4n) is 4.46. The molecular weight excluding hydrogens is 264 g/mol. The molecule has 1 saturated carbocycles. The highest BCUT2D eigenvalue weighted by atomic mass is 16.2. The quantitative estimate of drug-likeness (QED) is 0.841. The van der Waals surface area contributed by atoms with Gasteiger partial charge in [0, 0.05) is 25.0 Å².